The summed E-state index contributed by atoms with van der Waals surface area (Å²) in [5.74, 6) is 0. The first-order chi connectivity index (χ1) is 13.4. The van der Waals surface area contributed by atoms with Crippen LogP contribution in [0.15, 0.2) is 24.4 Å². The zero-order valence-corrected chi connectivity index (χ0v) is 16.6. The molecule has 0 N–H and O–H groups in total. The molecule has 0 amide bonds. The maximum atomic E-state index is 3.31. The first kappa shape index (κ1) is 17.6. The van der Waals surface area contributed by atoms with Gasteiger partial charge in [-0.1, -0.05) is 31.4 Å². The highest BCUT2D eigenvalue weighted by atomic mass is 15.5. The molecule has 3 fully saturated rings. The van der Waals surface area contributed by atoms with Gasteiger partial charge in [-0.25, -0.2) is 0 Å². The molecule has 2 saturated heterocycles. The van der Waals surface area contributed by atoms with E-state index >= 15 is 0 Å². The number of benzene rings is 1. The standard InChI is InChI=1S/C23H33N4/c1-2-6-13-26(12-5-1)27-19-20(22-10-3-4-11-23(22)27)18-24-14-16-25(17-15-24)21-8-7-9-21/h3,10-11,19,21H,1-2,5-9,12-18H2. The molecule has 1 radical (unpaired) electrons. The first-order valence-electron chi connectivity index (χ1n) is 11.1. The monoisotopic (exact) mass is 365 g/mol. The zero-order chi connectivity index (χ0) is 18.1. The lowest BCUT2D eigenvalue weighted by atomic mass is 9.91. The van der Waals surface area contributed by atoms with Crippen LogP contribution in [0.3, 0.4) is 0 Å². The summed E-state index contributed by atoms with van der Waals surface area (Å²) in [5.41, 5.74) is 2.82. The third-order valence-electron chi connectivity index (χ3n) is 6.99. The highest BCUT2D eigenvalue weighted by molar-refractivity contribution is 5.84. The Labute approximate surface area is 163 Å². The molecule has 0 bridgehead atoms. The van der Waals surface area contributed by atoms with Crippen LogP contribution in [0.1, 0.15) is 50.5 Å². The third kappa shape index (κ3) is 3.62. The Kier molecular flexibility index (Phi) is 5.10. The lowest BCUT2D eigenvalue weighted by Gasteiger charge is -2.43. The second-order valence-electron chi connectivity index (χ2n) is 8.71. The smallest absolute Gasteiger partial charge is 0.0704 e. The summed E-state index contributed by atoms with van der Waals surface area (Å²) >= 11 is 0. The molecule has 2 aliphatic heterocycles. The Morgan fingerprint density at radius 2 is 1.67 bits per heavy atom. The largest absolute Gasteiger partial charge is 0.313 e. The second kappa shape index (κ2) is 7.84. The van der Waals surface area contributed by atoms with Gasteiger partial charge in [0.15, 0.2) is 0 Å². The van der Waals surface area contributed by atoms with Crippen LogP contribution in [-0.2, 0) is 6.54 Å². The van der Waals surface area contributed by atoms with Crippen LogP contribution in [-0.4, -0.2) is 59.8 Å². The second-order valence-corrected chi connectivity index (χ2v) is 8.71. The summed E-state index contributed by atoms with van der Waals surface area (Å²) in [6.07, 6.45) is 12.1. The first-order valence-corrected chi connectivity index (χ1v) is 11.1. The summed E-state index contributed by atoms with van der Waals surface area (Å²) in [7, 11) is 0. The molecule has 0 atom stereocenters. The van der Waals surface area contributed by atoms with Crippen molar-refractivity contribution < 1.29 is 0 Å². The van der Waals surface area contributed by atoms with E-state index in [1.165, 1.54) is 101 Å². The number of piperazine rings is 1. The van der Waals surface area contributed by atoms with Gasteiger partial charge < -0.3 is 5.01 Å². The quantitative estimate of drug-likeness (QED) is 0.822. The maximum Gasteiger partial charge on any atom is 0.0704 e. The molecule has 1 aromatic carbocycles. The Bertz CT molecular complexity index is 747. The van der Waals surface area contributed by atoms with Gasteiger partial charge >= 0.3 is 0 Å². The van der Waals surface area contributed by atoms with Crippen molar-refractivity contribution in [2.75, 3.05) is 44.3 Å². The van der Waals surface area contributed by atoms with Crippen molar-refractivity contribution in [1.29, 1.82) is 0 Å². The Balaban J connectivity index is 1.32. The van der Waals surface area contributed by atoms with Crippen molar-refractivity contribution in [3.8, 4) is 0 Å². The number of hydrogen-bond donors (Lipinski definition) is 0. The van der Waals surface area contributed by atoms with Crippen LogP contribution in [0.2, 0.25) is 0 Å². The predicted molar refractivity (Wildman–Crippen MR) is 112 cm³/mol. The van der Waals surface area contributed by atoms with E-state index in [4.69, 9.17) is 0 Å². The van der Waals surface area contributed by atoms with E-state index in [1.54, 1.807) is 0 Å². The molecule has 4 heteroatoms. The molecule has 0 spiro atoms. The summed E-state index contributed by atoms with van der Waals surface area (Å²) in [6, 6.07) is 10.7. The molecule has 27 heavy (non-hydrogen) atoms. The fourth-order valence-electron chi connectivity index (χ4n) is 5.08. The van der Waals surface area contributed by atoms with Crippen LogP contribution in [0.5, 0.6) is 0 Å². The van der Waals surface area contributed by atoms with E-state index in [1.807, 2.05) is 0 Å². The number of rotatable bonds is 4. The summed E-state index contributed by atoms with van der Waals surface area (Å²) in [4.78, 5) is 5.39. The number of hydrogen-bond acceptors (Lipinski definition) is 3. The SMILES string of the molecule is [c]1ccc2c(CN3CCN(C4CCC4)CC3)cn(N3CCCCCC3)c2c1. The lowest BCUT2D eigenvalue weighted by Crippen LogP contribution is -2.51. The van der Waals surface area contributed by atoms with E-state index in [0.717, 1.165) is 12.6 Å². The fraction of sp³-hybridized carbons (Fsp3) is 0.652. The van der Waals surface area contributed by atoms with Gasteiger partial charge in [0.25, 0.3) is 0 Å². The molecule has 0 unspecified atom stereocenters. The number of aromatic nitrogens is 1. The minimum atomic E-state index is 0.896. The van der Waals surface area contributed by atoms with Crippen molar-refractivity contribution in [3.05, 3.63) is 36.0 Å². The molecule has 1 saturated carbocycles. The van der Waals surface area contributed by atoms with Gasteiger partial charge in [-0.05, 0) is 43.4 Å². The Hall–Kier alpha value is -1.52. The molecule has 5 rings (SSSR count). The van der Waals surface area contributed by atoms with Gasteiger partial charge in [0.2, 0.25) is 0 Å². The lowest BCUT2D eigenvalue weighted by molar-refractivity contribution is 0.0589. The van der Waals surface area contributed by atoms with E-state index in [2.05, 4.69) is 49.9 Å². The van der Waals surface area contributed by atoms with Crippen molar-refractivity contribution >= 4 is 10.9 Å². The minimum Gasteiger partial charge on any atom is -0.313 e. The summed E-state index contributed by atoms with van der Waals surface area (Å²) in [6.45, 7) is 8.38. The molecule has 1 aliphatic carbocycles. The summed E-state index contributed by atoms with van der Waals surface area (Å²) in [5, 5.41) is 3.97. The average Bonchev–Trinajstić information content (AvgIpc) is 2.83. The van der Waals surface area contributed by atoms with Gasteiger partial charge in [-0.15, -0.1) is 0 Å². The average molecular weight is 366 g/mol. The van der Waals surface area contributed by atoms with Crippen LogP contribution in [0.4, 0.5) is 0 Å². The van der Waals surface area contributed by atoms with E-state index in [0.29, 0.717) is 0 Å². The fourth-order valence-corrected chi connectivity index (χ4v) is 5.08. The van der Waals surface area contributed by atoms with E-state index in [9.17, 15) is 0 Å². The third-order valence-corrected chi connectivity index (χ3v) is 6.99. The van der Waals surface area contributed by atoms with E-state index in [-0.39, 0.29) is 0 Å². The van der Waals surface area contributed by atoms with Crippen LogP contribution < -0.4 is 5.01 Å². The van der Waals surface area contributed by atoms with Crippen LogP contribution in [0.25, 0.3) is 10.9 Å². The topological polar surface area (TPSA) is 14.7 Å². The van der Waals surface area contributed by atoms with Crippen molar-refractivity contribution in [2.45, 2.75) is 57.5 Å². The molecule has 2 aromatic rings. The zero-order valence-electron chi connectivity index (χ0n) is 16.6. The van der Waals surface area contributed by atoms with Gasteiger partial charge in [0.1, 0.15) is 0 Å². The van der Waals surface area contributed by atoms with Crippen molar-refractivity contribution in [3.63, 3.8) is 0 Å². The van der Waals surface area contributed by atoms with Gasteiger partial charge in [0.05, 0.1) is 5.52 Å². The Morgan fingerprint density at radius 3 is 2.37 bits per heavy atom. The van der Waals surface area contributed by atoms with Crippen LogP contribution in [0, 0.1) is 6.07 Å². The highest BCUT2D eigenvalue weighted by Crippen LogP contribution is 2.27. The van der Waals surface area contributed by atoms with Crippen molar-refractivity contribution in [2.24, 2.45) is 0 Å². The molecular weight excluding hydrogens is 332 g/mol. The van der Waals surface area contributed by atoms with Gasteiger partial charge in [0, 0.05) is 63.4 Å². The molecular formula is C23H33N4. The Morgan fingerprint density at radius 1 is 0.889 bits per heavy atom. The molecule has 3 heterocycles. The van der Waals surface area contributed by atoms with Crippen molar-refractivity contribution in [1.82, 2.24) is 14.5 Å². The molecule has 145 valence electrons. The summed E-state index contributed by atoms with van der Waals surface area (Å²) < 4.78 is 2.44. The molecule has 3 aliphatic rings. The van der Waals surface area contributed by atoms with E-state index < -0.39 is 0 Å². The van der Waals surface area contributed by atoms with Gasteiger partial charge in [-0.3, -0.25) is 14.5 Å². The molecule has 1 aromatic heterocycles. The van der Waals surface area contributed by atoms with Crippen LogP contribution >= 0.6 is 0 Å². The number of fused-ring (bicyclic) bond motifs is 1. The van der Waals surface area contributed by atoms with Gasteiger partial charge in [-0.2, -0.15) is 0 Å². The molecule has 4 nitrogen and oxygen atoms in total. The normalized spacial score (nSPS) is 23.5. The number of nitrogens with zero attached hydrogens (tertiary/aromatic N) is 4. The maximum absolute atomic E-state index is 3.31. The predicted octanol–water partition coefficient (Wildman–Crippen LogP) is 3.62. The highest BCUT2D eigenvalue weighted by Gasteiger charge is 2.28. The minimum absolute atomic E-state index is 0.896.